The lowest BCUT2D eigenvalue weighted by Crippen LogP contribution is -2.59. The first-order chi connectivity index (χ1) is 16.8. The zero-order chi connectivity index (χ0) is 22.1. The summed E-state index contributed by atoms with van der Waals surface area (Å²) in [6, 6.07) is 35.9. The molecule has 0 saturated heterocycles. The lowest BCUT2D eigenvalue weighted by Gasteiger charge is -2.33. The van der Waals surface area contributed by atoms with E-state index in [4.69, 9.17) is 0 Å². The summed E-state index contributed by atoms with van der Waals surface area (Å²) in [5.41, 5.74) is 13.6. The molecule has 0 aliphatic carbocycles. The summed E-state index contributed by atoms with van der Waals surface area (Å²) in [4.78, 5) is 0. The minimum Gasteiger partial charge on any atom is -0.310 e. The van der Waals surface area contributed by atoms with Gasteiger partial charge in [0.25, 0.3) is 6.71 Å². The van der Waals surface area contributed by atoms with E-state index in [-0.39, 0.29) is 6.71 Å². The molecular weight excluding hydrogens is 411 g/mol. The van der Waals surface area contributed by atoms with Crippen molar-refractivity contribution in [2.75, 3.05) is 0 Å². The van der Waals surface area contributed by atoms with Crippen LogP contribution >= 0.6 is 0 Å². The molecule has 0 saturated carbocycles. The van der Waals surface area contributed by atoms with Crippen molar-refractivity contribution >= 4 is 66.7 Å². The second-order valence-electron chi connectivity index (χ2n) is 9.74. The number of fused-ring (bicyclic) bond motifs is 12. The largest absolute Gasteiger partial charge is 0.310 e. The molecule has 0 spiro atoms. The Labute approximate surface area is 196 Å². The molecule has 0 radical (unpaired) electrons. The van der Waals surface area contributed by atoms with Crippen molar-refractivity contribution in [3.05, 3.63) is 103 Å². The Balaban J connectivity index is 1.72. The summed E-state index contributed by atoms with van der Waals surface area (Å²) >= 11 is 0. The van der Waals surface area contributed by atoms with E-state index in [1.165, 1.54) is 76.9 Å². The Morgan fingerprint density at radius 2 is 0.971 bits per heavy atom. The predicted molar refractivity (Wildman–Crippen MR) is 145 cm³/mol. The standard InChI is InChI=1S/C31H19BN2/c1-18-27-19-10-2-6-14-23(19)33-25-16-8-4-12-21(25)32-22-13-5-9-17-26(22)34-24-15-7-3-11-20(24)28(18)31(34)29(32)30(27)33/h2-17H,1H3. The third-order valence-corrected chi connectivity index (χ3v) is 8.28. The second kappa shape index (κ2) is 5.63. The van der Waals surface area contributed by atoms with Gasteiger partial charge in [-0.05, 0) is 53.1 Å². The number of benzene rings is 5. The molecule has 0 N–H and O–H groups in total. The summed E-state index contributed by atoms with van der Waals surface area (Å²) in [7, 11) is 0. The van der Waals surface area contributed by atoms with Crippen LogP contribution in [0.5, 0.6) is 0 Å². The van der Waals surface area contributed by atoms with Crippen LogP contribution in [0, 0.1) is 6.92 Å². The van der Waals surface area contributed by atoms with Crippen molar-refractivity contribution in [1.82, 2.24) is 9.13 Å². The van der Waals surface area contributed by atoms with Crippen molar-refractivity contribution in [1.29, 1.82) is 0 Å². The molecule has 4 heterocycles. The lowest BCUT2D eigenvalue weighted by molar-refractivity contribution is 1.17. The number of aryl methyl sites for hydroxylation is 1. The Bertz CT molecular complexity index is 1900. The molecule has 2 aliphatic heterocycles. The van der Waals surface area contributed by atoms with Gasteiger partial charge in [0.1, 0.15) is 0 Å². The van der Waals surface area contributed by atoms with Gasteiger partial charge in [0.05, 0.1) is 22.1 Å². The molecule has 0 atom stereocenters. The van der Waals surface area contributed by atoms with Crippen LogP contribution in [0.2, 0.25) is 0 Å². The van der Waals surface area contributed by atoms with Crippen molar-refractivity contribution < 1.29 is 0 Å². The van der Waals surface area contributed by atoms with E-state index >= 15 is 0 Å². The molecule has 2 nitrogen and oxygen atoms in total. The predicted octanol–water partition coefficient (Wildman–Crippen LogP) is 5.33. The third kappa shape index (κ3) is 1.71. The van der Waals surface area contributed by atoms with E-state index in [2.05, 4.69) is 113 Å². The highest BCUT2D eigenvalue weighted by Crippen LogP contribution is 2.43. The fourth-order valence-corrected chi connectivity index (χ4v) is 7.11. The summed E-state index contributed by atoms with van der Waals surface area (Å²) in [6.07, 6.45) is 0. The number of hydrogen-bond acceptors (Lipinski definition) is 0. The summed E-state index contributed by atoms with van der Waals surface area (Å²) < 4.78 is 5.07. The quantitative estimate of drug-likeness (QED) is 0.288. The number of para-hydroxylation sites is 4. The van der Waals surface area contributed by atoms with Gasteiger partial charge in [-0.15, -0.1) is 0 Å². The lowest BCUT2D eigenvalue weighted by atomic mass is 9.34. The zero-order valence-electron chi connectivity index (χ0n) is 18.7. The molecule has 9 rings (SSSR count). The highest BCUT2D eigenvalue weighted by atomic mass is 15.0. The van der Waals surface area contributed by atoms with E-state index in [1.54, 1.807) is 0 Å². The van der Waals surface area contributed by atoms with Crippen LogP contribution < -0.4 is 16.4 Å². The van der Waals surface area contributed by atoms with Gasteiger partial charge >= 0.3 is 0 Å². The summed E-state index contributed by atoms with van der Waals surface area (Å²) in [6.45, 7) is 2.56. The highest BCUT2D eigenvalue weighted by Gasteiger charge is 2.41. The smallest absolute Gasteiger partial charge is 0.252 e. The topological polar surface area (TPSA) is 9.86 Å². The van der Waals surface area contributed by atoms with Gasteiger partial charge in [-0.2, -0.15) is 0 Å². The molecule has 0 fully saturated rings. The van der Waals surface area contributed by atoms with Gasteiger partial charge in [0.15, 0.2) is 0 Å². The van der Waals surface area contributed by atoms with Crippen LogP contribution in [-0.2, 0) is 0 Å². The third-order valence-electron chi connectivity index (χ3n) is 8.28. The van der Waals surface area contributed by atoms with Crippen LogP contribution in [0.3, 0.4) is 0 Å². The van der Waals surface area contributed by atoms with Gasteiger partial charge < -0.3 is 9.13 Å². The van der Waals surface area contributed by atoms with E-state index in [0.29, 0.717) is 0 Å². The number of hydrogen-bond donors (Lipinski definition) is 0. The van der Waals surface area contributed by atoms with Crippen LogP contribution in [0.25, 0.3) is 55.0 Å². The first-order valence-electron chi connectivity index (χ1n) is 12.0. The zero-order valence-corrected chi connectivity index (χ0v) is 18.7. The van der Waals surface area contributed by atoms with Crippen molar-refractivity contribution in [3.8, 4) is 11.4 Å². The highest BCUT2D eigenvalue weighted by molar-refractivity contribution is 7.00. The van der Waals surface area contributed by atoms with Gasteiger partial charge in [0, 0.05) is 32.9 Å². The fraction of sp³-hybridized carbons (Fsp3) is 0.0323. The van der Waals surface area contributed by atoms with Crippen LogP contribution in [-0.4, -0.2) is 15.8 Å². The first kappa shape index (κ1) is 17.3. The fourth-order valence-electron chi connectivity index (χ4n) is 7.11. The van der Waals surface area contributed by atoms with Crippen molar-refractivity contribution in [3.63, 3.8) is 0 Å². The number of nitrogens with zero attached hydrogens (tertiary/aromatic N) is 2. The molecule has 0 amide bonds. The maximum absolute atomic E-state index is 2.54. The second-order valence-corrected chi connectivity index (χ2v) is 9.74. The molecule has 3 heteroatoms. The molecule has 2 aromatic heterocycles. The maximum atomic E-state index is 2.54. The Morgan fingerprint density at radius 3 is 1.50 bits per heavy atom. The SMILES string of the molecule is Cc1c2c3ccccc3n3c2c2c4c1c1ccccc1n4-c1ccccc1B2c1ccccc1-3. The van der Waals surface area contributed by atoms with Crippen molar-refractivity contribution in [2.24, 2.45) is 0 Å². The van der Waals surface area contributed by atoms with Gasteiger partial charge in [-0.25, -0.2) is 0 Å². The van der Waals surface area contributed by atoms with E-state index < -0.39 is 0 Å². The van der Waals surface area contributed by atoms with E-state index in [9.17, 15) is 0 Å². The average molecular weight is 430 g/mol. The Morgan fingerprint density at radius 1 is 0.529 bits per heavy atom. The molecule has 34 heavy (non-hydrogen) atoms. The first-order valence-corrected chi connectivity index (χ1v) is 12.0. The Kier molecular flexibility index (Phi) is 2.86. The van der Waals surface area contributed by atoms with Gasteiger partial charge in [0.2, 0.25) is 0 Å². The molecule has 2 aliphatic rings. The summed E-state index contributed by atoms with van der Waals surface area (Å²) in [5.74, 6) is 0. The molecule has 0 unspecified atom stereocenters. The van der Waals surface area contributed by atoms with E-state index in [1.807, 2.05) is 0 Å². The molecule has 7 aromatic rings. The number of aromatic nitrogens is 2. The maximum Gasteiger partial charge on any atom is 0.252 e. The summed E-state index contributed by atoms with van der Waals surface area (Å²) in [5, 5.41) is 5.50. The molecule has 156 valence electrons. The number of rotatable bonds is 0. The Hall–Kier alpha value is -4.24. The van der Waals surface area contributed by atoms with E-state index in [0.717, 1.165) is 0 Å². The van der Waals surface area contributed by atoms with Crippen LogP contribution in [0.1, 0.15) is 5.56 Å². The molecule has 0 bridgehead atoms. The van der Waals surface area contributed by atoms with Gasteiger partial charge in [-0.3, -0.25) is 0 Å². The van der Waals surface area contributed by atoms with Crippen LogP contribution in [0.15, 0.2) is 97.1 Å². The normalized spacial score (nSPS) is 13.4. The average Bonchev–Trinajstić information content (AvgIpc) is 3.43. The minimum atomic E-state index is 0.228. The van der Waals surface area contributed by atoms with Crippen molar-refractivity contribution in [2.45, 2.75) is 6.92 Å². The van der Waals surface area contributed by atoms with Gasteiger partial charge in [-0.1, -0.05) is 72.8 Å². The minimum absolute atomic E-state index is 0.228. The molecular formula is C31H19BN2. The molecule has 5 aromatic carbocycles. The monoisotopic (exact) mass is 430 g/mol. The van der Waals surface area contributed by atoms with Crippen LogP contribution in [0.4, 0.5) is 0 Å².